The second kappa shape index (κ2) is 19.7. The Morgan fingerprint density at radius 1 is 1.03 bits per heavy atom. The van der Waals surface area contributed by atoms with Gasteiger partial charge in [0, 0.05) is 48.9 Å². The lowest BCUT2D eigenvalue weighted by Crippen LogP contribution is -2.55. The summed E-state index contributed by atoms with van der Waals surface area (Å²) < 4.78 is 94.7. The van der Waals surface area contributed by atoms with Crippen LogP contribution in [-0.4, -0.2) is 101 Å². The highest BCUT2D eigenvalue weighted by Crippen LogP contribution is 2.58. The van der Waals surface area contributed by atoms with Gasteiger partial charge in [-0.15, -0.1) is 11.3 Å². The van der Waals surface area contributed by atoms with E-state index in [0.29, 0.717) is 60.7 Å². The van der Waals surface area contributed by atoms with Gasteiger partial charge in [-0.25, -0.2) is 18.4 Å². The van der Waals surface area contributed by atoms with Crippen molar-refractivity contribution in [3.63, 3.8) is 0 Å². The first-order valence-corrected chi connectivity index (χ1v) is 26.3. The number of ether oxygens (including phenoxy) is 4. The number of pyridine rings is 1. The monoisotopic (exact) mass is 998 g/mol. The molecule has 1 N–H and O–H groups in total. The fourth-order valence-electron chi connectivity index (χ4n) is 10.0. The number of sulfonamides is 1. The van der Waals surface area contributed by atoms with Crippen LogP contribution in [-0.2, 0) is 38.7 Å². The van der Waals surface area contributed by atoms with Gasteiger partial charge in [-0.2, -0.15) is 13.2 Å². The molecule has 1 aromatic carbocycles. The Hall–Kier alpha value is -4.88. The number of aromatic nitrogens is 2. The number of alkyl halides is 3. The summed E-state index contributed by atoms with van der Waals surface area (Å²) in [5, 5.41) is 1.84. The lowest BCUT2D eigenvalue weighted by Gasteiger charge is -2.38. The van der Waals surface area contributed by atoms with Crippen LogP contribution in [0.15, 0.2) is 59.4 Å². The fraction of sp³-hybridized carbons (Fsp3) is 0.600. The molecule has 374 valence electrons. The molecule has 2 aromatic heterocycles. The predicted molar refractivity (Wildman–Crippen MR) is 250 cm³/mol. The third kappa shape index (κ3) is 11.0. The van der Waals surface area contributed by atoms with E-state index in [9.17, 15) is 36.0 Å². The number of nitrogens with zero attached hydrogens (tertiary/aromatic N) is 3. The number of esters is 1. The smallest absolute Gasteiger partial charge is 0.430 e. The molecule has 5 aliphatic rings. The lowest BCUT2D eigenvalue weighted by atomic mass is 9.82. The van der Waals surface area contributed by atoms with E-state index in [-0.39, 0.29) is 44.4 Å². The topological polar surface area (TPSA) is 180 Å². The molecule has 1 unspecified atom stereocenters. The molecule has 4 fully saturated rings. The molecule has 0 radical (unpaired) electrons. The van der Waals surface area contributed by atoms with E-state index >= 15 is 4.79 Å². The zero-order chi connectivity index (χ0) is 49.5. The molecule has 5 heterocycles. The van der Waals surface area contributed by atoms with Crippen molar-refractivity contribution in [1.82, 2.24) is 19.6 Å². The van der Waals surface area contributed by atoms with Crippen molar-refractivity contribution in [2.24, 2.45) is 29.1 Å². The maximum absolute atomic E-state index is 15.2. The van der Waals surface area contributed by atoms with Crippen molar-refractivity contribution in [3.8, 4) is 34.1 Å². The average molecular weight is 999 g/mol. The molecule has 2 saturated heterocycles. The van der Waals surface area contributed by atoms with Gasteiger partial charge < -0.3 is 23.8 Å². The van der Waals surface area contributed by atoms with Crippen LogP contribution in [0.1, 0.15) is 105 Å². The first-order chi connectivity index (χ1) is 32.6. The average Bonchev–Trinajstić information content (AvgIpc) is 4.04. The van der Waals surface area contributed by atoms with E-state index in [0.717, 1.165) is 5.56 Å². The van der Waals surface area contributed by atoms with Crippen LogP contribution in [0.5, 0.6) is 11.5 Å². The summed E-state index contributed by atoms with van der Waals surface area (Å²) in [6.45, 7) is 8.27. The number of fused-ring (bicyclic) bond motifs is 2. The molecule has 0 bridgehead atoms. The highest BCUT2D eigenvalue weighted by Gasteiger charge is 2.63. The summed E-state index contributed by atoms with van der Waals surface area (Å²) in [5.41, 5.74) is -0.214. The molecule has 2 aliphatic carbocycles. The van der Waals surface area contributed by atoms with Gasteiger partial charge in [0.2, 0.25) is 27.4 Å². The SMILES string of the molecule is CC(C)Oc1ccc(-c2cc(O[C@@H]3C[C@H]4C(=O)C[C@]5(C(=O)NS(=O)(=O)C6(C)CC6)C[C@H]5/C=C\CC[C@@H](C)C[C@@H](C)[C@H](CC(=O)OC5(C(F)(F)F)CCCOC5)C(=O)N4C3)cc(-c3cscn3)n2)cc1. The Balaban J connectivity index is 1.14. The van der Waals surface area contributed by atoms with Gasteiger partial charge in [-0.05, 0) is 108 Å². The molecule has 2 amide bonds. The Kier molecular flexibility index (Phi) is 14.4. The molecule has 3 aromatic rings. The number of ketones is 1. The van der Waals surface area contributed by atoms with E-state index in [2.05, 4.69) is 9.71 Å². The third-order valence-electron chi connectivity index (χ3n) is 14.5. The second-order valence-electron chi connectivity index (χ2n) is 20.4. The number of Topliss-reactive ketones (excluding diaryl/α,β-unsaturated/α-hetero) is 1. The largest absolute Gasteiger partial charge is 0.491 e. The molecular formula is C50H61F3N4O10S2. The summed E-state index contributed by atoms with van der Waals surface area (Å²) in [6.07, 6.45) is -0.947. The van der Waals surface area contributed by atoms with E-state index in [1.807, 2.05) is 62.6 Å². The van der Waals surface area contributed by atoms with E-state index in [4.69, 9.17) is 23.9 Å². The van der Waals surface area contributed by atoms with Crippen LogP contribution in [0.4, 0.5) is 13.2 Å². The highest BCUT2D eigenvalue weighted by molar-refractivity contribution is 7.91. The maximum atomic E-state index is 15.2. The summed E-state index contributed by atoms with van der Waals surface area (Å²) in [6, 6.07) is 9.65. The summed E-state index contributed by atoms with van der Waals surface area (Å²) >= 11 is 1.39. The Morgan fingerprint density at radius 3 is 2.42 bits per heavy atom. The number of nitrogens with one attached hydrogen (secondary N) is 1. The summed E-state index contributed by atoms with van der Waals surface area (Å²) in [7, 11) is -4.06. The highest BCUT2D eigenvalue weighted by atomic mass is 32.2. The van der Waals surface area contributed by atoms with Gasteiger partial charge in [-0.3, -0.25) is 23.9 Å². The minimum Gasteiger partial charge on any atom is -0.491 e. The van der Waals surface area contributed by atoms with Crippen LogP contribution in [0.25, 0.3) is 22.6 Å². The first kappa shape index (κ1) is 50.5. The molecule has 8 rings (SSSR count). The fourth-order valence-corrected chi connectivity index (χ4v) is 11.9. The normalized spacial score (nSPS) is 30.0. The van der Waals surface area contributed by atoms with Crippen molar-refractivity contribution in [3.05, 3.63) is 59.4 Å². The number of thiazole rings is 1. The zero-order valence-corrected chi connectivity index (χ0v) is 41.2. The van der Waals surface area contributed by atoms with Gasteiger partial charge in [-0.1, -0.05) is 26.0 Å². The van der Waals surface area contributed by atoms with Gasteiger partial charge in [0.25, 0.3) is 0 Å². The van der Waals surface area contributed by atoms with Crippen LogP contribution >= 0.6 is 11.3 Å². The number of carbonyl (C=O) groups excluding carboxylic acids is 4. The number of hydrogen-bond donors (Lipinski definition) is 1. The standard InChI is InChI=1S/C50H61F3N4O10S2/c1-30(2)65-35-13-11-33(12-14-35)39-20-36(21-40(55-39)41-27-68-29-54-41)66-37-22-42-43(58)25-48(46(61)56-69(62,63)47(5)16-17-47)24-34(48)10-7-6-9-31(3)19-32(4)38(45(60)57(42)26-37)23-44(59)67-49(50(51,52)53)15-8-18-64-28-49/h7,10-14,20-21,27,29-32,34,37-38,42H,6,8-9,15-19,22-26,28H2,1-5H3,(H,56,61)/b10-7-/t31-,32-,34-,37-,38+,42+,48-,49?/m1/s1. The van der Waals surface area contributed by atoms with Crippen molar-refractivity contribution in [2.75, 3.05) is 19.8 Å². The predicted octanol–water partition coefficient (Wildman–Crippen LogP) is 8.64. The van der Waals surface area contributed by atoms with E-state index < -0.39 is 111 Å². The molecule has 8 atom stereocenters. The minimum absolute atomic E-state index is 0.00938. The molecule has 2 saturated carbocycles. The van der Waals surface area contributed by atoms with Crippen LogP contribution < -0.4 is 14.2 Å². The lowest BCUT2D eigenvalue weighted by molar-refractivity contribution is -0.295. The molecule has 0 spiro atoms. The number of amides is 2. The number of rotatable bonds is 12. The van der Waals surface area contributed by atoms with Gasteiger partial charge in [0.15, 0.2) is 5.78 Å². The van der Waals surface area contributed by atoms with Crippen LogP contribution in [0.2, 0.25) is 0 Å². The number of carbonyl (C=O) groups is 4. The van der Waals surface area contributed by atoms with Gasteiger partial charge in [0.1, 0.15) is 17.6 Å². The zero-order valence-electron chi connectivity index (χ0n) is 39.6. The Bertz CT molecular complexity index is 2530. The van der Waals surface area contributed by atoms with Gasteiger partial charge in [0.05, 0.1) is 70.4 Å². The molecule has 69 heavy (non-hydrogen) atoms. The van der Waals surface area contributed by atoms with Crippen LogP contribution in [0, 0.1) is 29.1 Å². The van der Waals surface area contributed by atoms with E-state index in [1.165, 1.54) is 16.2 Å². The first-order valence-electron chi connectivity index (χ1n) is 23.9. The Labute approximate surface area is 405 Å². The third-order valence-corrected chi connectivity index (χ3v) is 17.3. The second-order valence-corrected chi connectivity index (χ2v) is 23.3. The minimum atomic E-state index is -4.93. The Morgan fingerprint density at radius 2 is 1.77 bits per heavy atom. The quantitative estimate of drug-likeness (QED) is 0.135. The van der Waals surface area contributed by atoms with Gasteiger partial charge >= 0.3 is 12.1 Å². The van der Waals surface area contributed by atoms with Crippen molar-refractivity contribution < 1.29 is 59.7 Å². The molecule has 14 nitrogen and oxygen atoms in total. The van der Waals surface area contributed by atoms with Crippen LogP contribution in [0.3, 0.4) is 0 Å². The number of halogens is 3. The van der Waals surface area contributed by atoms with E-state index in [1.54, 1.807) is 31.5 Å². The molecule has 3 aliphatic heterocycles. The maximum Gasteiger partial charge on any atom is 0.430 e. The van der Waals surface area contributed by atoms with Crippen molar-refractivity contribution in [1.29, 1.82) is 0 Å². The summed E-state index contributed by atoms with van der Waals surface area (Å²) in [4.78, 5) is 68.9. The number of benzene rings is 1. The number of hydrogen-bond acceptors (Lipinski definition) is 13. The molecule has 19 heteroatoms. The van der Waals surface area contributed by atoms with Crippen molar-refractivity contribution >= 4 is 44.9 Å². The number of allylic oxidation sites excluding steroid dienone is 2. The molecular weight excluding hydrogens is 938 g/mol. The summed E-state index contributed by atoms with van der Waals surface area (Å²) in [5.74, 6) is -4.31. The van der Waals surface area contributed by atoms with Crippen molar-refractivity contribution in [2.45, 2.75) is 140 Å².